The van der Waals surface area contributed by atoms with Gasteiger partial charge in [0, 0.05) is 19.6 Å². The zero-order chi connectivity index (χ0) is 20.0. The third kappa shape index (κ3) is 5.08. The second-order valence-corrected chi connectivity index (χ2v) is 5.74. The molecular formula is C18H18FN3O5. The predicted octanol–water partition coefficient (Wildman–Crippen LogP) is 1.63. The van der Waals surface area contributed by atoms with Crippen LogP contribution in [0.4, 0.5) is 10.1 Å². The molecule has 9 heteroatoms. The fourth-order valence-electron chi connectivity index (χ4n) is 2.55. The number of nitrogens with zero attached hydrogens (tertiary/aromatic N) is 1. The van der Waals surface area contributed by atoms with Crippen molar-refractivity contribution >= 4 is 17.5 Å². The highest BCUT2D eigenvalue weighted by molar-refractivity contribution is 5.89. The minimum absolute atomic E-state index is 0.132. The van der Waals surface area contributed by atoms with E-state index in [4.69, 9.17) is 10.5 Å². The molecule has 0 aromatic heterocycles. The molecule has 0 heterocycles. The molecule has 0 aliphatic rings. The number of halogens is 1. The molecule has 2 rings (SSSR count). The van der Waals surface area contributed by atoms with Crippen LogP contribution >= 0.6 is 0 Å². The molecule has 0 saturated carbocycles. The average molecular weight is 375 g/mol. The summed E-state index contributed by atoms with van der Waals surface area (Å²) in [7, 11) is 1.35. The van der Waals surface area contributed by atoms with Gasteiger partial charge in [0.2, 0.25) is 11.7 Å². The first kappa shape index (κ1) is 20.0. The first-order valence-corrected chi connectivity index (χ1v) is 7.93. The number of nitrogens with one attached hydrogen (secondary N) is 1. The van der Waals surface area contributed by atoms with Gasteiger partial charge in [-0.2, -0.15) is 4.39 Å². The second kappa shape index (κ2) is 8.86. The minimum Gasteiger partial charge on any atom is -0.368 e. The fraction of sp³-hybridized carbons (Fsp3) is 0.222. The quantitative estimate of drug-likeness (QED) is 0.536. The molecule has 2 amide bonds. The lowest BCUT2D eigenvalue weighted by atomic mass is 10.0. The number of amides is 2. The highest BCUT2D eigenvalue weighted by Gasteiger charge is 2.26. The molecule has 27 heavy (non-hydrogen) atoms. The molecule has 3 N–H and O–H groups in total. The Morgan fingerprint density at radius 2 is 1.93 bits per heavy atom. The second-order valence-electron chi connectivity index (χ2n) is 5.74. The molecule has 0 spiro atoms. The van der Waals surface area contributed by atoms with Crippen LogP contribution in [0.3, 0.4) is 0 Å². The lowest BCUT2D eigenvalue weighted by Crippen LogP contribution is -2.47. The van der Waals surface area contributed by atoms with Crippen molar-refractivity contribution in [3.8, 4) is 0 Å². The number of ether oxygens (including phenoxy) is 1. The first-order chi connectivity index (χ1) is 12.8. The summed E-state index contributed by atoms with van der Waals surface area (Å²) in [6.45, 7) is 0. The van der Waals surface area contributed by atoms with E-state index >= 15 is 0 Å². The number of hydrogen-bond donors (Lipinski definition) is 2. The van der Waals surface area contributed by atoms with Gasteiger partial charge in [-0.05, 0) is 17.2 Å². The summed E-state index contributed by atoms with van der Waals surface area (Å²) < 4.78 is 18.6. The number of carbonyl (C=O) groups is 2. The number of nitro groups is 1. The van der Waals surface area contributed by atoms with E-state index in [9.17, 15) is 24.1 Å². The average Bonchev–Trinajstić information content (AvgIpc) is 2.63. The zero-order valence-electron chi connectivity index (χ0n) is 14.4. The van der Waals surface area contributed by atoms with E-state index in [0.717, 1.165) is 12.1 Å². The number of nitrogens with two attached hydrogens (primary N) is 1. The van der Waals surface area contributed by atoms with Crippen LogP contribution < -0.4 is 11.1 Å². The van der Waals surface area contributed by atoms with Crippen molar-refractivity contribution in [1.29, 1.82) is 0 Å². The molecule has 2 atom stereocenters. The largest absolute Gasteiger partial charge is 0.368 e. The molecule has 0 fully saturated rings. The molecule has 0 unspecified atom stereocenters. The summed E-state index contributed by atoms with van der Waals surface area (Å²) in [5.41, 5.74) is 5.48. The first-order valence-electron chi connectivity index (χ1n) is 7.93. The minimum atomic E-state index is -1.15. The molecule has 8 nitrogen and oxygen atoms in total. The molecule has 0 radical (unpaired) electrons. The Balaban J connectivity index is 2.18. The van der Waals surface area contributed by atoms with E-state index in [2.05, 4.69) is 5.32 Å². The Kier molecular flexibility index (Phi) is 6.56. The van der Waals surface area contributed by atoms with Gasteiger partial charge in [-0.15, -0.1) is 0 Å². The maximum absolute atomic E-state index is 13.4. The van der Waals surface area contributed by atoms with E-state index in [-0.39, 0.29) is 12.0 Å². The van der Waals surface area contributed by atoms with Crippen LogP contribution in [0.1, 0.15) is 17.2 Å². The summed E-state index contributed by atoms with van der Waals surface area (Å²) in [4.78, 5) is 34.2. The normalized spacial score (nSPS) is 12.8. The van der Waals surface area contributed by atoms with Gasteiger partial charge in [-0.25, -0.2) is 0 Å². The predicted molar refractivity (Wildman–Crippen MR) is 94.1 cm³/mol. The maximum Gasteiger partial charge on any atom is 0.305 e. The Morgan fingerprint density at radius 1 is 1.26 bits per heavy atom. The molecule has 0 aliphatic heterocycles. The van der Waals surface area contributed by atoms with Gasteiger partial charge in [0.15, 0.2) is 6.10 Å². The van der Waals surface area contributed by atoms with Crippen LogP contribution in [-0.4, -0.2) is 29.9 Å². The fourth-order valence-corrected chi connectivity index (χ4v) is 2.55. The van der Waals surface area contributed by atoms with E-state index < -0.39 is 40.4 Å². The van der Waals surface area contributed by atoms with E-state index in [0.29, 0.717) is 5.56 Å². The lowest BCUT2D eigenvalue weighted by molar-refractivity contribution is -0.387. The summed E-state index contributed by atoms with van der Waals surface area (Å²) in [6, 6.07) is 10.7. The molecule has 2 aromatic rings. The van der Waals surface area contributed by atoms with Crippen LogP contribution in [0.15, 0.2) is 48.5 Å². The number of primary amides is 1. The van der Waals surface area contributed by atoms with Crippen LogP contribution in [0.5, 0.6) is 0 Å². The van der Waals surface area contributed by atoms with Crippen LogP contribution in [0.25, 0.3) is 0 Å². The van der Waals surface area contributed by atoms with Crippen LogP contribution in [0, 0.1) is 15.9 Å². The molecular weight excluding hydrogens is 357 g/mol. The topological polar surface area (TPSA) is 125 Å². The number of hydrogen-bond acceptors (Lipinski definition) is 5. The molecule has 2 aromatic carbocycles. The van der Waals surface area contributed by atoms with Crippen molar-refractivity contribution < 1.29 is 23.6 Å². The highest BCUT2D eigenvalue weighted by Crippen LogP contribution is 2.20. The van der Waals surface area contributed by atoms with Crippen molar-refractivity contribution in [2.45, 2.75) is 18.6 Å². The van der Waals surface area contributed by atoms with Gasteiger partial charge in [0.1, 0.15) is 6.04 Å². The summed E-state index contributed by atoms with van der Waals surface area (Å²) >= 11 is 0. The van der Waals surface area contributed by atoms with Gasteiger partial charge in [0.05, 0.1) is 4.92 Å². The van der Waals surface area contributed by atoms with Gasteiger partial charge in [0.25, 0.3) is 5.91 Å². The van der Waals surface area contributed by atoms with Crippen molar-refractivity contribution in [3.63, 3.8) is 0 Å². The van der Waals surface area contributed by atoms with Crippen LogP contribution in [0.2, 0.25) is 0 Å². The van der Waals surface area contributed by atoms with E-state index in [1.165, 1.54) is 13.2 Å². The standard InChI is InChI=1S/C18H18FN3O5/c1-27-16(12-5-3-2-4-6-12)18(24)21-14(17(20)23)9-11-7-8-13(19)15(10-11)22(25)26/h2-8,10,14,16H,9H2,1H3,(H2,20,23)(H,21,24)/t14-,16+/m1/s1. The Bertz CT molecular complexity index is 844. The van der Waals surface area contributed by atoms with Gasteiger partial charge in [-0.3, -0.25) is 19.7 Å². The third-order valence-corrected chi connectivity index (χ3v) is 3.88. The van der Waals surface area contributed by atoms with Gasteiger partial charge >= 0.3 is 5.69 Å². The molecule has 142 valence electrons. The van der Waals surface area contributed by atoms with Crippen LogP contribution in [-0.2, 0) is 20.7 Å². The number of carbonyl (C=O) groups excluding carboxylic acids is 2. The van der Waals surface area contributed by atoms with E-state index in [1.807, 2.05) is 0 Å². The molecule has 0 bridgehead atoms. The highest BCUT2D eigenvalue weighted by atomic mass is 19.1. The summed E-state index contributed by atoms with van der Waals surface area (Å²) in [6.07, 6.45) is -1.09. The van der Waals surface area contributed by atoms with Gasteiger partial charge in [-0.1, -0.05) is 36.4 Å². The maximum atomic E-state index is 13.4. The molecule has 0 aliphatic carbocycles. The number of benzene rings is 2. The summed E-state index contributed by atoms with van der Waals surface area (Å²) in [5, 5.41) is 13.3. The Morgan fingerprint density at radius 3 is 2.48 bits per heavy atom. The molecule has 0 saturated heterocycles. The SMILES string of the molecule is CO[C@H](C(=O)N[C@H](Cc1ccc(F)c([N+](=O)[O-])c1)C(N)=O)c1ccccc1. The van der Waals surface area contributed by atoms with Gasteiger partial charge < -0.3 is 15.8 Å². The zero-order valence-corrected chi connectivity index (χ0v) is 14.4. The lowest BCUT2D eigenvalue weighted by Gasteiger charge is -2.20. The Hall–Kier alpha value is -3.33. The van der Waals surface area contributed by atoms with Crippen molar-refractivity contribution in [1.82, 2.24) is 5.32 Å². The monoisotopic (exact) mass is 375 g/mol. The smallest absolute Gasteiger partial charge is 0.305 e. The van der Waals surface area contributed by atoms with Crippen molar-refractivity contribution in [3.05, 3.63) is 75.6 Å². The number of nitro benzene ring substituents is 1. The summed E-state index contributed by atoms with van der Waals surface area (Å²) in [5.74, 6) is -2.42. The third-order valence-electron chi connectivity index (χ3n) is 3.88. The number of methoxy groups -OCH3 is 1. The number of rotatable bonds is 8. The Labute approximate surface area is 154 Å². The van der Waals surface area contributed by atoms with Crippen molar-refractivity contribution in [2.24, 2.45) is 5.73 Å². The van der Waals surface area contributed by atoms with Crippen molar-refractivity contribution in [2.75, 3.05) is 7.11 Å². The van der Waals surface area contributed by atoms with E-state index in [1.54, 1.807) is 30.3 Å².